The van der Waals surface area contributed by atoms with E-state index in [-0.39, 0.29) is 0 Å². The van der Waals surface area contributed by atoms with E-state index >= 15 is 0 Å². The first-order valence-corrected chi connectivity index (χ1v) is 5.73. The van der Waals surface area contributed by atoms with Crippen LogP contribution >= 0.6 is 0 Å². The molecule has 1 rings (SSSR count). The summed E-state index contributed by atoms with van der Waals surface area (Å²) >= 11 is 0. The SMILES string of the molecule is COc1cc([C@H](C)C(C)C)cc(OC)c1C. The molecule has 0 N–H and O–H groups in total. The Kier molecular flexibility index (Phi) is 4.22. The first-order chi connectivity index (χ1) is 7.51. The predicted octanol–water partition coefficient (Wildman–Crippen LogP) is 3.77. The van der Waals surface area contributed by atoms with Gasteiger partial charge in [-0.1, -0.05) is 20.8 Å². The van der Waals surface area contributed by atoms with Crippen molar-refractivity contribution in [2.75, 3.05) is 14.2 Å². The second-order valence-corrected chi connectivity index (χ2v) is 4.58. The van der Waals surface area contributed by atoms with E-state index in [2.05, 4.69) is 32.9 Å². The van der Waals surface area contributed by atoms with Crippen molar-refractivity contribution >= 4 is 0 Å². The minimum atomic E-state index is 0.503. The molecular formula is C14H22O2. The van der Waals surface area contributed by atoms with Crippen LogP contribution in [0.1, 0.15) is 37.8 Å². The zero-order valence-corrected chi connectivity index (χ0v) is 11.1. The third-order valence-corrected chi connectivity index (χ3v) is 3.30. The van der Waals surface area contributed by atoms with Gasteiger partial charge in [-0.3, -0.25) is 0 Å². The Bertz CT molecular complexity index is 331. The number of methoxy groups -OCH3 is 2. The van der Waals surface area contributed by atoms with Crippen LogP contribution < -0.4 is 9.47 Å². The van der Waals surface area contributed by atoms with E-state index in [0.717, 1.165) is 17.1 Å². The lowest BCUT2D eigenvalue weighted by Crippen LogP contribution is -2.04. The lowest BCUT2D eigenvalue weighted by Gasteiger charge is -2.19. The smallest absolute Gasteiger partial charge is 0.125 e. The maximum absolute atomic E-state index is 5.38. The van der Waals surface area contributed by atoms with Crippen LogP contribution in [0.5, 0.6) is 11.5 Å². The summed E-state index contributed by atoms with van der Waals surface area (Å²) in [5, 5.41) is 0. The molecule has 0 aliphatic heterocycles. The normalized spacial score (nSPS) is 12.7. The molecule has 0 aliphatic rings. The van der Waals surface area contributed by atoms with Crippen LogP contribution in [0.3, 0.4) is 0 Å². The van der Waals surface area contributed by atoms with Gasteiger partial charge in [0.15, 0.2) is 0 Å². The summed E-state index contributed by atoms with van der Waals surface area (Å²) in [6, 6.07) is 4.23. The van der Waals surface area contributed by atoms with Crippen molar-refractivity contribution in [3.8, 4) is 11.5 Å². The molecule has 2 heteroatoms. The van der Waals surface area contributed by atoms with Crippen molar-refractivity contribution < 1.29 is 9.47 Å². The van der Waals surface area contributed by atoms with E-state index in [9.17, 15) is 0 Å². The van der Waals surface area contributed by atoms with Gasteiger partial charge in [-0.05, 0) is 36.5 Å². The second-order valence-electron chi connectivity index (χ2n) is 4.58. The van der Waals surface area contributed by atoms with Crippen LogP contribution in [0.2, 0.25) is 0 Å². The Morgan fingerprint density at radius 2 is 1.38 bits per heavy atom. The van der Waals surface area contributed by atoms with Crippen molar-refractivity contribution in [1.29, 1.82) is 0 Å². The van der Waals surface area contributed by atoms with E-state index in [0.29, 0.717) is 11.8 Å². The average Bonchev–Trinajstić information content (AvgIpc) is 2.28. The van der Waals surface area contributed by atoms with Crippen molar-refractivity contribution in [2.24, 2.45) is 5.92 Å². The highest BCUT2D eigenvalue weighted by atomic mass is 16.5. The van der Waals surface area contributed by atoms with E-state index in [1.165, 1.54) is 5.56 Å². The molecular weight excluding hydrogens is 200 g/mol. The molecule has 16 heavy (non-hydrogen) atoms. The first-order valence-electron chi connectivity index (χ1n) is 5.73. The fourth-order valence-corrected chi connectivity index (χ4v) is 1.75. The van der Waals surface area contributed by atoms with Gasteiger partial charge < -0.3 is 9.47 Å². The summed E-state index contributed by atoms with van der Waals surface area (Å²) in [7, 11) is 3.40. The van der Waals surface area contributed by atoms with Crippen molar-refractivity contribution in [3.63, 3.8) is 0 Å². The molecule has 0 amide bonds. The predicted molar refractivity (Wildman–Crippen MR) is 67.5 cm³/mol. The summed E-state index contributed by atoms with van der Waals surface area (Å²) in [6.45, 7) is 8.70. The molecule has 0 radical (unpaired) electrons. The highest BCUT2D eigenvalue weighted by Gasteiger charge is 2.15. The zero-order valence-electron chi connectivity index (χ0n) is 11.1. The third kappa shape index (κ3) is 2.49. The maximum Gasteiger partial charge on any atom is 0.125 e. The van der Waals surface area contributed by atoms with Gasteiger partial charge in [0.2, 0.25) is 0 Å². The fourth-order valence-electron chi connectivity index (χ4n) is 1.75. The average molecular weight is 222 g/mol. The summed E-state index contributed by atoms with van der Waals surface area (Å²) in [6.07, 6.45) is 0. The minimum absolute atomic E-state index is 0.503. The molecule has 1 atom stereocenters. The number of hydrogen-bond donors (Lipinski definition) is 0. The van der Waals surface area contributed by atoms with Gasteiger partial charge in [0, 0.05) is 5.56 Å². The highest BCUT2D eigenvalue weighted by Crippen LogP contribution is 2.34. The molecule has 2 nitrogen and oxygen atoms in total. The Morgan fingerprint density at radius 3 is 1.69 bits per heavy atom. The van der Waals surface area contributed by atoms with Gasteiger partial charge in [0.1, 0.15) is 11.5 Å². The summed E-state index contributed by atoms with van der Waals surface area (Å²) in [5.41, 5.74) is 2.33. The van der Waals surface area contributed by atoms with Gasteiger partial charge in [-0.15, -0.1) is 0 Å². The lowest BCUT2D eigenvalue weighted by molar-refractivity contribution is 0.386. The molecule has 0 aliphatic carbocycles. The lowest BCUT2D eigenvalue weighted by atomic mass is 9.89. The van der Waals surface area contributed by atoms with Gasteiger partial charge in [-0.25, -0.2) is 0 Å². The Labute approximate surface area is 98.6 Å². The Morgan fingerprint density at radius 1 is 0.938 bits per heavy atom. The number of hydrogen-bond acceptors (Lipinski definition) is 2. The molecule has 0 saturated heterocycles. The van der Waals surface area contributed by atoms with Crippen LogP contribution in [-0.2, 0) is 0 Å². The van der Waals surface area contributed by atoms with Gasteiger partial charge in [-0.2, -0.15) is 0 Å². The Hall–Kier alpha value is -1.18. The monoisotopic (exact) mass is 222 g/mol. The molecule has 1 aromatic rings. The van der Waals surface area contributed by atoms with Crippen molar-refractivity contribution in [1.82, 2.24) is 0 Å². The quantitative estimate of drug-likeness (QED) is 0.772. The molecule has 90 valence electrons. The molecule has 0 saturated carbocycles. The molecule has 0 heterocycles. The zero-order chi connectivity index (χ0) is 12.3. The topological polar surface area (TPSA) is 18.5 Å². The highest BCUT2D eigenvalue weighted by molar-refractivity contribution is 5.48. The molecule has 0 aromatic heterocycles. The summed E-state index contributed by atoms with van der Waals surface area (Å²) in [4.78, 5) is 0. The standard InChI is InChI=1S/C14H22O2/c1-9(2)10(3)12-7-13(15-5)11(4)14(8-12)16-6/h7-10H,1-6H3/t10-/m1/s1. The van der Waals surface area contributed by atoms with E-state index in [4.69, 9.17) is 9.47 Å². The van der Waals surface area contributed by atoms with Crippen molar-refractivity contribution in [3.05, 3.63) is 23.3 Å². The Balaban J connectivity index is 3.21. The van der Waals surface area contributed by atoms with Crippen LogP contribution in [0.4, 0.5) is 0 Å². The van der Waals surface area contributed by atoms with Gasteiger partial charge in [0.25, 0.3) is 0 Å². The number of ether oxygens (including phenoxy) is 2. The molecule has 0 bridgehead atoms. The number of benzene rings is 1. The second kappa shape index (κ2) is 5.24. The van der Waals surface area contributed by atoms with Crippen molar-refractivity contribution in [2.45, 2.75) is 33.6 Å². The minimum Gasteiger partial charge on any atom is -0.496 e. The number of rotatable bonds is 4. The van der Waals surface area contributed by atoms with Gasteiger partial charge >= 0.3 is 0 Å². The fraction of sp³-hybridized carbons (Fsp3) is 0.571. The van der Waals surface area contributed by atoms with Crippen LogP contribution in [0.25, 0.3) is 0 Å². The van der Waals surface area contributed by atoms with E-state index < -0.39 is 0 Å². The maximum atomic E-state index is 5.38. The summed E-state index contributed by atoms with van der Waals surface area (Å²) in [5.74, 6) is 2.92. The molecule has 0 fully saturated rings. The largest absolute Gasteiger partial charge is 0.496 e. The van der Waals surface area contributed by atoms with Gasteiger partial charge in [0.05, 0.1) is 14.2 Å². The molecule has 0 unspecified atom stereocenters. The molecule has 0 spiro atoms. The summed E-state index contributed by atoms with van der Waals surface area (Å²) < 4.78 is 10.8. The van der Waals surface area contributed by atoms with Crippen LogP contribution in [0.15, 0.2) is 12.1 Å². The van der Waals surface area contributed by atoms with Crippen LogP contribution in [-0.4, -0.2) is 14.2 Å². The van der Waals surface area contributed by atoms with Crippen LogP contribution in [0, 0.1) is 12.8 Å². The molecule has 1 aromatic carbocycles. The third-order valence-electron chi connectivity index (χ3n) is 3.30. The van der Waals surface area contributed by atoms with E-state index in [1.54, 1.807) is 14.2 Å². The first kappa shape index (κ1) is 12.9. The van der Waals surface area contributed by atoms with E-state index in [1.807, 2.05) is 6.92 Å².